The van der Waals surface area contributed by atoms with Gasteiger partial charge < -0.3 is 14.9 Å². The second-order valence-corrected chi connectivity index (χ2v) is 6.41. The molecule has 1 atom stereocenters. The van der Waals surface area contributed by atoms with Crippen LogP contribution in [0, 0.1) is 0 Å². The molecule has 1 unspecified atom stereocenters. The van der Waals surface area contributed by atoms with Gasteiger partial charge in [0.2, 0.25) is 0 Å². The summed E-state index contributed by atoms with van der Waals surface area (Å²) in [5, 5.41) is 8.76. The Hall–Kier alpha value is -2.73. The number of aromatic nitrogens is 2. The van der Waals surface area contributed by atoms with Gasteiger partial charge in [-0.1, -0.05) is 18.2 Å². The molecule has 3 rings (SSSR count). The zero-order chi connectivity index (χ0) is 17.8. The van der Waals surface area contributed by atoms with Crippen molar-refractivity contribution < 1.29 is 9.90 Å². The maximum absolute atomic E-state index is 10.7. The molecule has 6 heteroatoms. The van der Waals surface area contributed by atoms with E-state index in [1.165, 1.54) is 0 Å². The van der Waals surface area contributed by atoms with Crippen molar-refractivity contribution >= 4 is 17.9 Å². The molecular formula is C19H22N4O2. The quantitative estimate of drug-likeness (QED) is 0.844. The number of nitrogens with zero attached hydrogens (tertiary/aromatic N) is 4. The summed E-state index contributed by atoms with van der Waals surface area (Å²) < 4.78 is 0. The standard InChI is InChI=1S/C19H22N4O2/c1-22(2)16-8-9-23(13-16)18-12-20-11-17(21-18)15-5-3-4-14(10-15)6-7-19(24)25/h3-7,10-12,16H,8-9,13H2,1-2H3,(H,24,25). The minimum Gasteiger partial charge on any atom is -0.478 e. The zero-order valence-electron chi connectivity index (χ0n) is 14.5. The van der Waals surface area contributed by atoms with Gasteiger partial charge in [-0.15, -0.1) is 0 Å². The number of benzene rings is 1. The average Bonchev–Trinajstić information content (AvgIpc) is 3.11. The van der Waals surface area contributed by atoms with E-state index in [0.717, 1.165) is 48.2 Å². The van der Waals surface area contributed by atoms with E-state index in [1.54, 1.807) is 18.5 Å². The Labute approximate surface area is 147 Å². The second kappa shape index (κ2) is 7.44. The summed E-state index contributed by atoms with van der Waals surface area (Å²) in [5.41, 5.74) is 2.53. The molecule has 0 bridgehead atoms. The van der Waals surface area contributed by atoms with Crippen LogP contribution < -0.4 is 4.90 Å². The summed E-state index contributed by atoms with van der Waals surface area (Å²) in [7, 11) is 4.21. The Bertz CT molecular complexity index is 788. The van der Waals surface area contributed by atoms with Crippen LogP contribution in [0.1, 0.15) is 12.0 Å². The Balaban J connectivity index is 1.82. The lowest BCUT2D eigenvalue weighted by Gasteiger charge is -2.21. The van der Waals surface area contributed by atoms with E-state index in [9.17, 15) is 4.79 Å². The van der Waals surface area contributed by atoms with E-state index in [0.29, 0.717) is 6.04 Å². The van der Waals surface area contributed by atoms with Gasteiger partial charge in [0, 0.05) is 30.8 Å². The van der Waals surface area contributed by atoms with Crippen molar-refractivity contribution in [1.29, 1.82) is 0 Å². The van der Waals surface area contributed by atoms with E-state index in [2.05, 4.69) is 28.9 Å². The van der Waals surface area contributed by atoms with Crippen LogP contribution in [-0.4, -0.2) is 59.2 Å². The van der Waals surface area contributed by atoms with Gasteiger partial charge in [-0.3, -0.25) is 4.98 Å². The van der Waals surface area contributed by atoms with Crippen molar-refractivity contribution in [3.8, 4) is 11.3 Å². The number of likely N-dealkylation sites (N-methyl/N-ethyl adjacent to an activating group) is 1. The van der Waals surface area contributed by atoms with Gasteiger partial charge >= 0.3 is 5.97 Å². The molecule has 1 aromatic heterocycles. The van der Waals surface area contributed by atoms with Crippen molar-refractivity contribution in [2.75, 3.05) is 32.1 Å². The molecule has 2 heterocycles. The number of aliphatic carboxylic acids is 1. The predicted molar refractivity (Wildman–Crippen MR) is 98.4 cm³/mol. The molecule has 1 saturated heterocycles. The Morgan fingerprint density at radius 2 is 2.20 bits per heavy atom. The fraction of sp³-hybridized carbons (Fsp3) is 0.316. The first kappa shape index (κ1) is 17.1. The Morgan fingerprint density at radius 3 is 2.92 bits per heavy atom. The molecule has 0 amide bonds. The SMILES string of the molecule is CN(C)C1CCN(c2cncc(-c3cccc(C=CC(=O)O)c3)n2)C1. The molecular weight excluding hydrogens is 316 g/mol. The van der Waals surface area contributed by atoms with Crippen LogP contribution in [0.3, 0.4) is 0 Å². The predicted octanol–water partition coefficient (Wildman–Crippen LogP) is 2.38. The van der Waals surface area contributed by atoms with Crippen LogP contribution in [0.25, 0.3) is 17.3 Å². The van der Waals surface area contributed by atoms with Gasteiger partial charge in [-0.25, -0.2) is 9.78 Å². The minimum absolute atomic E-state index is 0.537. The molecule has 0 radical (unpaired) electrons. The molecule has 6 nitrogen and oxygen atoms in total. The number of anilines is 1. The number of rotatable bonds is 5. The molecule has 0 spiro atoms. The summed E-state index contributed by atoms with van der Waals surface area (Å²) in [6.45, 7) is 1.93. The smallest absolute Gasteiger partial charge is 0.328 e. The highest BCUT2D eigenvalue weighted by Gasteiger charge is 2.25. The number of hydrogen-bond donors (Lipinski definition) is 1. The third kappa shape index (κ3) is 4.22. The van der Waals surface area contributed by atoms with E-state index in [4.69, 9.17) is 10.1 Å². The lowest BCUT2D eigenvalue weighted by Crippen LogP contribution is -2.31. The normalized spacial score (nSPS) is 17.6. The van der Waals surface area contributed by atoms with Crippen molar-refractivity contribution in [3.05, 3.63) is 48.3 Å². The molecule has 130 valence electrons. The van der Waals surface area contributed by atoms with Crippen molar-refractivity contribution in [3.63, 3.8) is 0 Å². The Morgan fingerprint density at radius 1 is 1.36 bits per heavy atom. The highest BCUT2D eigenvalue weighted by Crippen LogP contribution is 2.24. The van der Waals surface area contributed by atoms with Gasteiger partial charge in [0.25, 0.3) is 0 Å². The first-order valence-corrected chi connectivity index (χ1v) is 8.28. The summed E-state index contributed by atoms with van der Waals surface area (Å²) in [6, 6.07) is 8.17. The summed E-state index contributed by atoms with van der Waals surface area (Å²) in [6.07, 6.45) is 7.37. The van der Waals surface area contributed by atoms with Crippen molar-refractivity contribution in [2.24, 2.45) is 0 Å². The second-order valence-electron chi connectivity index (χ2n) is 6.41. The van der Waals surface area contributed by atoms with Gasteiger partial charge in [0.05, 0.1) is 18.1 Å². The molecule has 0 aliphatic carbocycles. The molecule has 1 aliphatic heterocycles. The highest BCUT2D eigenvalue weighted by atomic mass is 16.4. The van der Waals surface area contributed by atoms with E-state index >= 15 is 0 Å². The maximum Gasteiger partial charge on any atom is 0.328 e. The Kier molecular flexibility index (Phi) is 5.09. The fourth-order valence-corrected chi connectivity index (χ4v) is 2.99. The summed E-state index contributed by atoms with van der Waals surface area (Å²) in [4.78, 5) is 24.3. The highest BCUT2D eigenvalue weighted by molar-refractivity contribution is 5.85. The van der Waals surface area contributed by atoms with E-state index < -0.39 is 5.97 Å². The lowest BCUT2D eigenvalue weighted by molar-refractivity contribution is -0.131. The van der Waals surface area contributed by atoms with E-state index in [1.807, 2.05) is 24.3 Å². The summed E-state index contributed by atoms with van der Waals surface area (Å²) in [5.74, 6) is -0.0787. The molecule has 25 heavy (non-hydrogen) atoms. The number of hydrogen-bond acceptors (Lipinski definition) is 5. The van der Waals surface area contributed by atoms with Crippen molar-refractivity contribution in [1.82, 2.24) is 14.9 Å². The first-order chi connectivity index (χ1) is 12.0. The average molecular weight is 338 g/mol. The third-order valence-electron chi connectivity index (χ3n) is 4.44. The molecule has 1 fully saturated rings. The third-order valence-corrected chi connectivity index (χ3v) is 4.44. The molecule has 0 saturated carbocycles. The van der Waals surface area contributed by atoms with Crippen LogP contribution >= 0.6 is 0 Å². The van der Waals surface area contributed by atoms with Gasteiger partial charge in [0.1, 0.15) is 5.82 Å². The lowest BCUT2D eigenvalue weighted by atomic mass is 10.1. The maximum atomic E-state index is 10.7. The number of carboxylic acid groups (broad SMARTS) is 1. The molecule has 1 N–H and O–H groups in total. The number of carboxylic acids is 1. The molecule has 1 aromatic carbocycles. The summed E-state index contributed by atoms with van der Waals surface area (Å²) >= 11 is 0. The van der Waals surface area contributed by atoms with E-state index in [-0.39, 0.29) is 0 Å². The van der Waals surface area contributed by atoms with Crippen LogP contribution in [0.15, 0.2) is 42.7 Å². The van der Waals surface area contributed by atoms with Crippen LogP contribution in [0.4, 0.5) is 5.82 Å². The monoisotopic (exact) mass is 338 g/mol. The molecule has 2 aromatic rings. The first-order valence-electron chi connectivity index (χ1n) is 8.28. The zero-order valence-corrected chi connectivity index (χ0v) is 14.5. The topological polar surface area (TPSA) is 69.6 Å². The van der Waals surface area contributed by atoms with Crippen molar-refractivity contribution in [2.45, 2.75) is 12.5 Å². The van der Waals surface area contributed by atoms with Gasteiger partial charge in [-0.2, -0.15) is 0 Å². The fourth-order valence-electron chi connectivity index (χ4n) is 2.99. The van der Waals surface area contributed by atoms with Gasteiger partial charge in [-0.05, 0) is 38.2 Å². The largest absolute Gasteiger partial charge is 0.478 e. The van der Waals surface area contributed by atoms with Crippen LogP contribution in [0.5, 0.6) is 0 Å². The minimum atomic E-state index is -0.961. The van der Waals surface area contributed by atoms with Crippen LogP contribution in [-0.2, 0) is 4.79 Å². The van der Waals surface area contributed by atoms with Gasteiger partial charge in [0.15, 0.2) is 0 Å². The number of carbonyl (C=O) groups is 1. The van der Waals surface area contributed by atoms with Crippen LogP contribution in [0.2, 0.25) is 0 Å². The molecule has 1 aliphatic rings.